The predicted octanol–water partition coefficient (Wildman–Crippen LogP) is 7.52. The number of carbonyl (C=O) groups excluding carboxylic acids is 5. The van der Waals surface area contributed by atoms with E-state index < -0.39 is 81.2 Å². The Bertz CT molecular complexity index is 2500. The Balaban J connectivity index is 1.33. The van der Waals surface area contributed by atoms with Crippen molar-refractivity contribution in [2.75, 3.05) is 24.5 Å². The van der Waals surface area contributed by atoms with Gasteiger partial charge in [0.1, 0.15) is 17.2 Å². The molecule has 3 aromatic carbocycles. The van der Waals surface area contributed by atoms with E-state index >= 15 is 4.79 Å². The summed E-state index contributed by atoms with van der Waals surface area (Å²) in [4.78, 5) is 76.1. The first-order valence-corrected chi connectivity index (χ1v) is 19.1. The van der Waals surface area contributed by atoms with Crippen LogP contribution in [0.3, 0.4) is 0 Å². The number of pyridine rings is 1. The summed E-state index contributed by atoms with van der Waals surface area (Å²) in [5.41, 5.74) is 0.944. The third-order valence-electron chi connectivity index (χ3n) is 11.9. The fourth-order valence-electron chi connectivity index (χ4n) is 9.36. The van der Waals surface area contributed by atoms with Gasteiger partial charge in [0.25, 0.3) is 11.8 Å². The van der Waals surface area contributed by atoms with Gasteiger partial charge in [-0.15, -0.1) is 0 Å². The Labute approximate surface area is 344 Å². The highest BCUT2D eigenvalue weighted by Gasteiger charge is 2.71. The first-order valence-electron chi connectivity index (χ1n) is 18.3. The van der Waals surface area contributed by atoms with Gasteiger partial charge in [0.05, 0.1) is 53.7 Å². The van der Waals surface area contributed by atoms with Crippen molar-refractivity contribution >= 4 is 64.1 Å². The standard InChI is InChI=1S/C42H33Cl2F3N4O8/c1-19(52)20-4-10-24(11-5-20)50-37(54)27-13-12-26-28(33(27)39(50)56)17-29-38(55)51(49-36-30(44)14-22(18-48-36)42(45,46)47)40(57)41(29,21-6-8-23(43)9-7-21)35(26)34-31(53)15-25(58-2)16-32(34)59-3/h4-12,14-16,18,27-29,33,35,53H,13,17H2,1-3H3,(H,48,49)/t27-,28+,29-,33-,35+,41+/m0/s1. The van der Waals surface area contributed by atoms with Crippen molar-refractivity contribution in [3.05, 3.63) is 117 Å². The molecule has 2 aliphatic heterocycles. The van der Waals surface area contributed by atoms with Crippen LogP contribution in [-0.2, 0) is 30.8 Å². The lowest BCUT2D eigenvalue weighted by atomic mass is 9.49. The van der Waals surface area contributed by atoms with E-state index in [1.54, 1.807) is 18.2 Å². The second kappa shape index (κ2) is 14.4. The van der Waals surface area contributed by atoms with E-state index in [1.807, 2.05) is 0 Å². The van der Waals surface area contributed by atoms with Crippen molar-refractivity contribution in [3.8, 4) is 17.2 Å². The van der Waals surface area contributed by atoms with Crippen LogP contribution in [0.1, 0.15) is 52.7 Å². The summed E-state index contributed by atoms with van der Waals surface area (Å²) in [6.07, 6.45) is -2.62. The van der Waals surface area contributed by atoms with E-state index in [2.05, 4.69) is 10.4 Å². The van der Waals surface area contributed by atoms with E-state index in [0.29, 0.717) is 33.4 Å². The third-order valence-corrected chi connectivity index (χ3v) is 12.5. The zero-order chi connectivity index (χ0) is 42.3. The van der Waals surface area contributed by atoms with Gasteiger partial charge >= 0.3 is 6.18 Å². The van der Waals surface area contributed by atoms with Crippen LogP contribution in [0.4, 0.5) is 24.7 Å². The van der Waals surface area contributed by atoms with E-state index in [1.165, 1.54) is 69.7 Å². The molecule has 4 aromatic rings. The van der Waals surface area contributed by atoms with Gasteiger partial charge in [-0.05, 0) is 73.7 Å². The van der Waals surface area contributed by atoms with Gasteiger partial charge in [-0.3, -0.25) is 34.3 Å². The third kappa shape index (κ3) is 6.12. The number of phenols is 1. The molecular formula is C42H33Cl2F3N4O8. The molecule has 6 atom stereocenters. The largest absolute Gasteiger partial charge is 0.507 e. The lowest BCUT2D eigenvalue weighted by molar-refractivity contribution is -0.139. The molecule has 0 unspecified atom stereocenters. The van der Waals surface area contributed by atoms with Crippen molar-refractivity contribution in [2.24, 2.45) is 23.7 Å². The van der Waals surface area contributed by atoms with Crippen LogP contribution in [0.5, 0.6) is 17.2 Å². The van der Waals surface area contributed by atoms with Crippen LogP contribution in [0.2, 0.25) is 10.0 Å². The van der Waals surface area contributed by atoms with E-state index in [4.69, 9.17) is 32.7 Å². The maximum Gasteiger partial charge on any atom is 0.417 e. The maximum absolute atomic E-state index is 15.5. The first kappa shape index (κ1) is 39.9. The number of hydrazine groups is 1. The Hall–Kier alpha value is -5.93. The smallest absolute Gasteiger partial charge is 0.417 e. The Morgan fingerprint density at radius 2 is 1.63 bits per heavy atom. The number of rotatable bonds is 8. The molecule has 304 valence electrons. The normalized spacial score (nSPS) is 25.0. The fraction of sp³-hybridized carbons (Fsp3) is 0.286. The van der Waals surface area contributed by atoms with Gasteiger partial charge < -0.3 is 14.6 Å². The molecule has 8 rings (SSSR count). The van der Waals surface area contributed by atoms with Crippen molar-refractivity contribution < 1.29 is 51.7 Å². The maximum atomic E-state index is 15.5. The highest BCUT2D eigenvalue weighted by atomic mass is 35.5. The second-order valence-electron chi connectivity index (χ2n) is 14.8. The Morgan fingerprint density at radius 1 is 0.932 bits per heavy atom. The minimum atomic E-state index is -4.79. The molecule has 1 aromatic heterocycles. The van der Waals surface area contributed by atoms with Gasteiger partial charge in [0.2, 0.25) is 11.8 Å². The lowest BCUT2D eigenvalue weighted by Crippen LogP contribution is -2.53. The SMILES string of the molecule is COc1cc(O)c([C@H]2C3=CC[C@@H]4C(=O)N(c5ccc(C(C)=O)cc5)C(=O)[C@@H]4[C@@H]3C[C@H]3C(=O)N(Nc4ncc(C(F)(F)F)cc4Cl)C(=O)[C@@]23c2ccc(Cl)cc2)c(OC)c1. The number of amides is 4. The number of anilines is 2. The molecular weight excluding hydrogens is 816 g/mol. The zero-order valence-electron chi connectivity index (χ0n) is 31.3. The van der Waals surface area contributed by atoms with E-state index in [9.17, 15) is 37.5 Å². The van der Waals surface area contributed by atoms with E-state index in [-0.39, 0.29) is 52.7 Å². The average molecular weight is 850 g/mol. The predicted molar refractivity (Wildman–Crippen MR) is 207 cm³/mol. The zero-order valence-corrected chi connectivity index (χ0v) is 32.9. The summed E-state index contributed by atoms with van der Waals surface area (Å²) in [5.74, 6) is -8.83. The molecule has 3 heterocycles. The number of nitrogens with zero attached hydrogens (tertiary/aromatic N) is 3. The molecule has 4 aliphatic rings. The second-order valence-corrected chi connectivity index (χ2v) is 15.6. The number of nitrogens with one attached hydrogen (secondary N) is 1. The van der Waals surface area contributed by atoms with Crippen LogP contribution in [-0.4, -0.2) is 58.7 Å². The van der Waals surface area contributed by atoms with Crippen molar-refractivity contribution in [1.82, 2.24) is 9.99 Å². The first-order chi connectivity index (χ1) is 28.0. The fourth-order valence-corrected chi connectivity index (χ4v) is 9.70. The number of aromatic nitrogens is 1. The number of halogens is 5. The van der Waals surface area contributed by atoms with Gasteiger partial charge in [0, 0.05) is 40.4 Å². The topological polar surface area (TPSA) is 155 Å². The van der Waals surface area contributed by atoms with Crippen molar-refractivity contribution in [3.63, 3.8) is 0 Å². The van der Waals surface area contributed by atoms with Crippen molar-refractivity contribution in [2.45, 2.75) is 37.3 Å². The molecule has 2 saturated heterocycles. The number of benzene rings is 3. The minimum Gasteiger partial charge on any atom is -0.507 e. The van der Waals surface area contributed by atoms with Gasteiger partial charge in [0.15, 0.2) is 11.6 Å². The number of ether oxygens (including phenoxy) is 2. The summed E-state index contributed by atoms with van der Waals surface area (Å²) in [6.45, 7) is 1.39. The summed E-state index contributed by atoms with van der Waals surface area (Å²) in [7, 11) is 2.72. The van der Waals surface area contributed by atoms with Crippen LogP contribution >= 0.6 is 23.2 Å². The van der Waals surface area contributed by atoms with Crippen molar-refractivity contribution in [1.29, 1.82) is 0 Å². The number of carbonyl (C=O) groups is 5. The van der Waals surface area contributed by atoms with Gasteiger partial charge in [-0.2, -0.15) is 18.2 Å². The highest BCUT2D eigenvalue weighted by Crippen LogP contribution is 2.66. The van der Waals surface area contributed by atoms with Gasteiger partial charge in [-0.1, -0.05) is 47.0 Å². The molecule has 1 saturated carbocycles. The molecule has 12 nitrogen and oxygen atoms in total. The summed E-state index contributed by atoms with van der Waals surface area (Å²) >= 11 is 12.6. The number of phenolic OH excluding ortho intramolecular Hbond substituents is 1. The number of Topliss-reactive ketones (excluding diaryl/α,β-unsaturated/α-hetero) is 1. The lowest BCUT2D eigenvalue weighted by Gasteiger charge is -2.50. The number of alkyl halides is 3. The number of imide groups is 2. The number of hydrogen-bond donors (Lipinski definition) is 2. The number of hydrogen-bond acceptors (Lipinski definition) is 10. The number of methoxy groups -OCH3 is 2. The number of aromatic hydroxyl groups is 1. The average Bonchev–Trinajstić information content (AvgIpc) is 3.58. The van der Waals surface area contributed by atoms with E-state index in [0.717, 1.165) is 4.90 Å². The molecule has 2 N–H and O–H groups in total. The molecule has 0 bridgehead atoms. The summed E-state index contributed by atoms with van der Waals surface area (Å²) in [5, 5.41) is 12.3. The molecule has 0 radical (unpaired) electrons. The van der Waals surface area contributed by atoms with Crippen LogP contribution in [0.25, 0.3) is 0 Å². The monoisotopic (exact) mass is 848 g/mol. The Kier molecular flexibility index (Phi) is 9.74. The number of ketones is 1. The van der Waals surface area contributed by atoms with Crippen LogP contribution < -0.4 is 19.8 Å². The summed E-state index contributed by atoms with van der Waals surface area (Å²) in [6, 6.07) is 15.7. The van der Waals surface area contributed by atoms with Gasteiger partial charge in [-0.25, -0.2) is 4.98 Å². The molecule has 59 heavy (non-hydrogen) atoms. The molecule has 0 spiro atoms. The Morgan fingerprint density at radius 3 is 2.24 bits per heavy atom. The molecule has 2 aliphatic carbocycles. The highest BCUT2D eigenvalue weighted by molar-refractivity contribution is 6.33. The minimum absolute atomic E-state index is 0.0510. The molecule has 3 fully saturated rings. The number of allylic oxidation sites excluding steroid dienone is 2. The molecule has 4 amide bonds. The molecule has 17 heteroatoms. The number of fused-ring (bicyclic) bond motifs is 4. The quantitative estimate of drug-likeness (QED) is 0.103. The summed E-state index contributed by atoms with van der Waals surface area (Å²) < 4.78 is 51.9. The van der Waals surface area contributed by atoms with Crippen LogP contribution in [0.15, 0.2) is 84.6 Å². The van der Waals surface area contributed by atoms with Crippen LogP contribution in [0, 0.1) is 23.7 Å².